The predicted octanol–water partition coefficient (Wildman–Crippen LogP) is 4.24. The van der Waals surface area contributed by atoms with Gasteiger partial charge in [-0.05, 0) is 65.3 Å². The third-order valence-electron chi connectivity index (χ3n) is 4.45. The van der Waals surface area contributed by atoms with Gasteiger partial charge in [0.1, 0.15) is 17.0 Å². The molecule has 10 heteroatoms. The minimum Gasteiger partial charge on any atom is -0.444 e. The maximum atomic E-state index is 13.0. The van der Waals surface area contributed by atoms with E-state index >= 15 is 0 Å². The van der Waals surface area contributed by atoms with Gasteiger partial charge in [0.05, 0.1) is 6.20 Å². The van der Waals surface area contributed by atoms with Gasteiger partial charge in [-0.3, -0.25) is 4.90 Å². The Balaban J connectivity index is 1.90. The number of carbonyl (C=O) groups is 2. The van der Waals surface area contributed by atoms with Gasteiger partial charge < -0.3 is 20.5 Å². The van der Waals surface area contributed by atoms with E-state index in [0.29, 0.717) is 17.2 Å². The number of nitrogens with one attached hydrogen (secondary N) is 1. The number of benzene rings is 1. The number of nitrogens with two attached hydrogens (primary N) is 1. The van der Waals surface area contributed by atoms with Crippen molar-refractivity contribution < 1.29 is 19.1 Å². The van der Waals surface area contributed by atoms with Gasteiger partial charge in [-0.2, -0.15) is 5.10 Å². The van der Waals surface area contributed by atoms with E-state index in [1.54, 1.807) is 70.6 Å². The number of fused-ring (bicyclic) bond motifs is 1. The molecule has 0 radical (unpaired) electrons. The lowest BCUT2D eigenvalue weighted by Gasteiger charge is -2.27. The summed E-state index contributed by atoms with van der Waals surface area (Å²) >= 11 is 0. The summed E-state index contributed by atoms with van der Waals surface area (Å²) in [6, 6.07) is 9.07. The summed E-state index contributed by atoms with van der Waals surface area (Å²) in [5.74, 6) is 0.360. The SMILES string of the molecule is CC(C)(C)OC(=O)NCCN(C(=O)OC(C)(C)C)c1ccn2ncc(-c3cccc(N)c3)c2n1. The molecule has 0 aliphatic heterocycles. The molecule has 3 N–H and O–H groups in total. The Morgan fingerprint density at radius 3 is 2.44 bits per heavy atom. The van der Waals surface area contributed by atoms with Crippen LogP contribution in [0.2, 0.25) is 0 Å². The average molecular weight is 469 g/mol. The number of nitrogen functional groups attached to an aromatic ring is 1. The fourth-order valence-electron chi connectivity index (χ4n) is 3.12. The minimum atomic E-state index is -0.707. The quantitative estimate of drug-likeness (QED) is 0.537. The highest BCUT2D eigenvalue weighted by Gasteiger charge is 2.25. The number of alkyl carbamates (subject to hydrolysis) is 1. The molecule has 2 aromatic heterocycles. The Hall–Kier alpha value is -3.82. The van der Waals surface area contributed by atoms with Crippen LogP contribution < -0.4 is 16.0 Å². The Morgan fingerprint density at radius 1 is 1.09 bits per heavy atom. The lowest BCUT2D eigenvalue weighted by Crippen LogP contribution is -2.43. The van der Waals surface area contributed by atoms with Crippen LogP contribution >= 0.6 is 0 Å². The van der Waals surface area contributed by atoms with E-state index in [9.17, 15) is 9.59 Å². The van der Waals surface area contributed by atoms with Crippen molar-refractivity contribution in [1.82, 2.24) is 19.9 Å². The predicted molar refractivity (Wildman–Crippen MR) is 131 cm³/mol. The summed E-state index contributed by atoms with van der Waals surface area (Å²) in [7, 11) is 0. The van der Waals surface area contributed by atoms with Crippen LogP contribution in [0.5, 0.6) is 0 Å². The van der Waals surface area contributed by atoms with Crippen molar-refractivity contribution in [2.45, 2.75) is 52.7 Å². The number of ether oxygens (including phenoxy) is 2. The summed E-state index contributed by atoms with van der Waals surface area (Å²) < 4.78 is 12.5. The van der Waals surface area contributed by atoms with Crippen molar-refractivity contribution in [2.75, 3.05) is 23.7 Å². The third kappa shape index (κ3) is 6.60. The molecule has 0 spiro atoms. The molecule has 0 aliphatic carbocycles. The summed E-state index contributed by atoms with van der Waals surface area (Å²) in [5.41, 5.74) is 7.41. The van der Waals surface area contributed by atoms with E-state index < -0.39 is 23.4 Å². The van der Waals surface area contributed by atoms with Crippen LogP contribution in [0.1, 0.15) is 41.5 Å². The van der Waals surface area contributed by atoms with Gasteiger partial charge in [0.25, 0.3) is 0 Å². The summed E-state index contributed by atoms with van der Waals surface area (Å²) in [6.45, 7) is 11.0. The Kier molecular flexibility index (Phi) is 6.99. The highest BCUT2D eigenvalue weighted by atomic mass is 16.6. The van der Waals surface area contributed by atoms with Gasteiger partial charge in [0.2, 0.25) is 0 Å². The maximum Gasteiger partial charge on any atom is 0.416 e. The smallest absolute Gasteiger partial charge is 0.416 e. The van der Waals surface area contributed by atoms with E-state index in [1.807, 2.05) is 18.2 Å². The molecular formula is C24H32N6O4. The van der Waals surface area contributed by atoms with Gasteiger partial charge in [-0.25, -0.2) is 19.1 Å². The largest absolute Gasteiger partial charge is 0.444 e. The number of amides is 2. The molecule has 1 aromatic carbocycles. The molecule has 10 nitrogen and oxygen atoms in total. The number of carbonyl (C=O) groups excluding carboxylic acids is 2. The summed E-state index contributed by atoms with van der Waals surface area (Å²) in [5, 5.41) is 7.02. The van der Waals surface area contributed by atoms with Crippen molar-refractivity contribution in [2.24, 2.45) is 0 Å². The highest BCUT2D eigenvalue weighted by molar-refractivity contribution is 5.88. The first kappa shape index (κ1) is 24.8. The second kappa shape index (κ2) is 9.58. The molecule has 0 atom stereocenters. The second-order valence-corrected chi connectivity index (χ2v) is 9.80. The number of hydrogen-bond acceptors (Lipinski definition) is 7. The fraction of sp³-hybridized carbons (Fsp3) is 0.417. The third-order valence-corrected chi connectivity index (χ3v) is 4.45. The van der Waals surface area contributed by atoms with Gasteiger partial charge in [-0.1, -0.05) is 12.1 Å². The molecule has 0 saturated heterocycles. The van der Waals surface area contributed by atoms with Crippen LogP contribution in [0, 0.1) is 0 Å². The Labute approximate surface area is 199 Å². The monoisotopic (exact) mass is 468 g/mol. The normalized spacial score (nSPS) is 11.8. The molecule has 0 unspecified atom stereocenters. The first-order valence-corrected chi connectivity index (χ1v) is 11.0. The van der Waals surface area contributed by atoms with E-state index in [2.05, 4.69) is 10.4 Å². The van der Waals surface area contributed by atoms with Crippen LogP contribution in [-0.2, 0) is 9.47 Å². The fourth-order valence-corrected chi connectivity index (χ4v) is 3.12. The Morgan fingerprint density at radius 2 is 1.79 bits per heavy atom. The number of rotatable bonds is 5. The van der Waals surface area contributed by atoms with Crippen LogP contribution in [-0.4, -0.2) is 51.1 Å². The topological polar surface area (TPSA) is 124 Å². The molecule has 2 heterocycles. The van der Waals surface area contributed by atoms with E-state index in [4.69, 9.17) is 20.2 Å². The van der Waals surface area contributed by atoms with Crippen molar-refractivity contribution in [3.05, 3.63) is 42.7 Å². The van der Waals surface area contributed by atoms with Gasteiger partial charge >= 0.3 is 12.2 Å². The van der Waals surface area contributed by atoms with E-state index in [0.717, 1.165) is 11.1 Å². The molecule has 0 saturated carbocycles. The van der Waals surface area contributed by atoms with Crippen LogP contribution in [0.25, 0.3) is 16.8 Å². The Bertz CT molecular complexity index is 1180. The molecule has 34 heavy (non-hydrogen) atoms. The van der Waals surface area contributed by atoms with E-state index in [1.165, 1.54) is 4.90 Å². The standard InChI is InChI=1S/C24H32N6O4/c1-23(2,3)33-21(31)26-11-13-29(22(32)34-24(4,5)6)19-10-12-30-20(28-19)18(15-27-30)16-8-7-9-17(25)14-16/h7-10,12,14-15H,11,13,25H2,1-6H3,(H,26,31). The van der Waals surface area contributed by atoms with Crippen LogP contribution in [0.4, 0.5) is 21.1 Å². The molecular weight excluding hydrogens is 436 g/mol. The van der Waals surface area contributed by atoms with Crippen molar-refractivity contribution in [1.29, 1.82) is 0 Å². The van der Waals surface area contributed by atoms with Gasteiger partial charge in [-0.15, -0.1) is 0 Å². The molecule has 0 aliphatic rings. The molecule has 3 aromatic rings. The van der Waals surface area contributed by atoms with E-state index in [-0.39, 0.29) is 13.1 Å². The molecule has 0 fully saturated rings. The highest BCUT2D eigenvalue weighted by Crippen LogP contribution is 2.26. The minimum absolute atomic E-state index is 0.124. The van der Waals surface area contributed by atoms with Gasteiger partial charge in [0, 0.05) is 30.5 Å². The maximum absolute atomic E-state index is 13.0. The molecule has 2 amide bonds. The number of anilines is 2. The number of nitrogens with zero attached hydrogens (tertiary/aromatic N) is 4. The molecule has 182 valence electrons. The zero-order valence-corrected chi connectivity index (χ0v) is 20.5. The van der Waals surface area contributed by atoms with Crippen molar-refractivity contribution in [3.63, 3.8) is 0 Å². The number of aromatic nitrogens is 3. The second-order valence-electron chi connectivity index (χ2n) is 9.80. The number of hydrogen-bond donors (Lipinski definition) is 2. The van der Waals surface area contributed by atoms with Crippen molar-refractivity contribution in [3.8, 4) is 11.1 Å². The zero-order chi connectivity index (χ0) is 25.1. The van der Waals surface area contributed by atoms with Crippen molar-refractivity contribution >= 4 is 29.3 Å². The first-order chi connectivity index (χ1) is 15.8. The zero-order valence-electron chi connectivity index (χ0n) is 20.5. The summed E-state index contributed by atoms with van der Waals surface area (Å²) in [4.78, 5) is 31.1. The van der Waals surface area contributed by atoms with Crippen LogP contribution in [0.3, 0.4) is 0 Å². The first-order valence-electron chi connectivity index (χ1n) is 11.0. The lowest BCUT2D eigenvalue weighted by atomic mass is 10.1. The lowest BCUT2D eigenvalue weighted by molar-refractivity contribution is 0.0512. The molecule has 3 rings (SSSR count). The van der Waals surface area contributed by atoms with Gasteiger partial charge in [0.15, 0.2) is 5.65 Å². The average Bonchev–Trinajstić information content (AvgIpc) is 3.11. The summed E-state index contributed by atoms with van der Waals surface area (Å²) in [6.07, 6.45) is 2.26. The van der Waals surface area contributed by atoms with Crippen LogP contribution in [0.15, 0.2) is 42.7 Å². The molecule has 0 bridgehead atoms.